The van der Waals surface area contributed by atoms with Crippen LogP contribution in [0, 0.1) is 23.2 Å². The molecule has 1 N–H and O–H groups in total. The number of aromatic nitrogens is 2. The Balaban J connectivity index is 1.18. The predicted octanol–water partition coefficient (Wildman–Crippen LogP) is 4.12. The van der Waals surface area contributed by atoms with E-state index in [1.54, 1.807) is 23.3 Å². The molecule has 2 unspecified atom stereocenters. The first kappa shape index (κ1) is 20.9. The Kier molecular flexibility index (Phi) is 5.07. The van der Waals surface area contributed by atoms with Gasteiger partial charge in [0.25, 0.3) is 5.91 Å². The SMILES string of the molecule is CC(NC(=O)CC(C(=O)N1CCc2ccccc21)n1ccnc1)C12CC3CC(CC(C3)C1)C2. The number of imidazole rings is 1. The van der Waals surface area contributed by atoms with Gasteiger partial charge in [0.15, 0.2) is 0 Å². The number of nitrogens with zero attached hydrogens (tertiary/aromatic N) is 3. The molecule has 4 aliphatic carbocycles. The second kappa shape index (κ2) is 8.00. The molecule has 2 aromatic rings. The van der Waals surface area contributed by atoms with Crippen molar-refractivity contribution in [3.8, 4) is 0 Å². The minimum absolute atomic E-state index is 0.0298. The normalized spacial score (nSPS) is 31.3. The molecule has 6 nitrogen and oxygen atoms in total. The second-order valence-electron chi connectivity index (χ2n) is 11.2. The van der Waals surface area contributed by atoms with E-state index >= 15 is 0 Å². The third-order valence-electron chi connectivity index (χ3n) is 9.08. The van der Waals surface area contributed by atoms with Crippen LogP contribution in [-0.2, 0) is 16.0 Å². The molecule has 2 heterocycles. The van der Waals surface area contributed by atoms with Gasteiger partial charge in [-0.25, -0.2) is 4.98 Å². The zero-order chi connectivity index (χ0) is 22.6. The standard InChI is InChI=1S/C27H34N4O2/c1-18(27-14-19-10-20(15-27)12-21(11-19)16-27)29-25(32)13-24(30-9-7-28-17-30)26(33)31-8-6-22-4-2-3-5-23(22)31/h2-5,7,9,17-21,24H,6,8,10-16H2,1H3,(H,29,32). The van der Waals surface area contributed by atoms with E-state index < -0.39 is 6.04 Å². The summed E-state index contributed by atoms with van der Waals surface area (Å²) in [4.78, 5) is 32.9. The molecule has 6 heteroatoms. The van der Waals surface area contributed by atoms with Crippen LogP contribution < -0.4 is 10.2 Å². The van der Waals surface area contributed by atoms with Crippen LogP contribution in [0.2, 0.25) is 0 Å². The molecular formula is C27H34N4O2. The quantitative estimate of drug-likeness (QED) is 0.726. The van der Waals surface area contributed by atoms with Crippen molar-refractivity contribution in [1.82, 2.24) is 14.9 Å². The first-order valence-corrected chi connectivity index (χ1v) is 12.7. The van der Waals surface area contributed by atoms with E-state index in [0.29, 0.717) is 6.54 Å². The molecule has 1 aromatic heterocycles. The largest absolute Gasteiger partial charge is 0.353 e. The van der Waals surface area contributed by atoms with Gasteiger partial charge in [0.1, 0.15) is 6.04 Å². The molecule has 1 aliphatic heterocycles. The van der Waals surface area contributed by atoms with E-state index in [1.807, 2.05) is 23.1 Å². The van der Waals surface area contributed by atoms with Gasteiger partial charge in [0, 0.05) is 30.7 Å². The predicted molar refractivity (Wildman–Crippen MR) is 127 cm³/mol. The van der Waals surface area contributed by atoms with E-state index in [1.165, 1.54) is 44.1 Å². The maximum absolute atomic E-state index is 13.6. The number of carbonyl (C=O) groups is 2. The molecule has 1 aromatic carbocycles. The van der Waals surface area contributed by atoms with E-state index in [2.05, 4.69) is 23.3 Å². The number of para-hydroxylation sites is 1. The Hall–Kier alpha value is -2.63. The zero-order valence-electron chi connectivity index (χ0n) is 19.5. The van der Waals surface area contributed by atoms with E-state index in [9.17, 15) is 9.59 Å². The highest BCUT2D eigenvalue weighted by molar-refractivity contribution is 6.00. The summed E-state index contributed by atoms with van der Waals surface area (Å²) in [6.07, 6.45) is 14.1. The summed E-state index contributed by atoms with van der Waals surface area (Å²) in [5.74, 6) is 2.50. The monoisotopic (exact) mass is 446 g/mol. The van der Waals surface area contributed by atoms with Crippen LogP contribution in [0.5, 0.6) is 0 Å². The number of rotatable bonds is 6. The molecule has 4 fully saturated rings. The van der Waals surface area contributed by atoms with E-state index in [0.717, 1.165) is 29.9 Å². The maximum atomic E-state index is 13.6. The number of hydrogen-bond donors (Lipinski definition) is 1. The van der Waals surface area contributed by atoms with Gasteiger partial charge in [-0.2, -0.15) is 0 Å². The highest BCUT2D eigenvalue weighted by Gasteiger charge is 2.53. The molecule has 4 bridgehead atoms. The Morgan fingerprint density at radius 1 is 1.12 bits per heavy atom. The number of anilines is 1. The van der Waals surface area contributed by atoms with Crippen molar-refractivity contribution in [3.05, 3.63) is 48.5 Å². The number of benzene rings is 1. The van der Waals surface area contributed by atoms with Gasteiger partial charge in [-0.05, 0) is 86.7 Å². The Bertz CT molecular complexity index is 1010. The average Bonchev–Trinajstić information content (AvgIpc) is 3.46. The fourth-order valence-electron chi connectivity index (χ4n) is 7.86. The van der Waals surface area contributed by atoms with Crippen LogP contribution in [0.25, 0.3) is 0 Å². The second-order valence-corrected chi connectivity index (χ2v) is 11.2. The fourth-order valence-corrected chi connectivity index (χ4v) is 7.86. The lowest BCUT2D eigenvalue weighted by molar-refractivity contribution is -0.130. The van der Waals surface area contributed by atoms with Gasteiger partial charge in [-0.1, -0.05) is 18.2 Å². The molecule has 2 amide bonds. The molecule has 2 atom stereocenters. The lowest BCUT2D eigenvalue weighted by Gasteiger charge is -2.59. The van der Waals surface area contributed by atoms with Crippen LogP contribution in [0.15, 0.2) is 43.0 Å². The van der Waals surface area contributed by atoms with E-state index in [4.69, 9.17) is 0 Å². The molecule has 0 spiro atoms. The summed E-state index contributed by atoms with van der Waals surface area (Å²) in [6.45, 7) is 2.87. The molecule has 7 rings (SSSR count). The molecule has 174 valence electrons. The summed E-state index contributed by atoms with van der Waals surface area (Å²) in [5, 5.41) is 3.35. The number of hydrogen-bond acceptors (Lipinski definition) is 3. The molecule has 0 radical (unpaired) electrons. The van der Waals surface area contributed by atoms with Crippen molar-refractivity contribution in [2.75, 3.05) is 11.4 Å². The summed E-state index contributed by atoms with van der Waals surface area (Å²) < 4.78 is 1.79. The van der Waals surface area contributed by atoms with Gasteiger partial charge in [-0.15, -0.1) is 0 Å². The van der Waals surface area contributed by atoms with Crippen molar-refractivity contribution in [2.24, 2.45) is 23.2 Å². The van der Waals surface area contributed by atoms with Crippen LogP contribution >= 0.6 is 0 Å². The van der Waals surface area contributed by atoms with Gasteiger partial charge in [-0.3, -0.25) is 9.59 Å². The lowest BCUT2D eigenvalue weighted by Crippen LogP contribution is -2.56. The van der Waals surface area contributed by atoms with E-state index in [-0.39, 0.29) is 29.7 Å². The molecule has 4 saturated carbocycles. The first-order valence-electron chi connectivity index (χ1n) is 12.7. The summed E-state index contributed by atoms with van der Waals surface area (Å²) >= 11 is 0. The highest BCUT2D eigenvalue weighted by Crippen LogP contribution is 2.61. The number of nitrogens with one attached hydrogen (secondary N) is 1. The van der Waals surface area contributed by atoms with Crippen molar-refractivity contribution < 1.29 is 9.59 Å². The summed E-state index contributed by atoms with van der Waals surface area (Å²) in [7, 11) is 0. The van der Waals surface area contributed by atoms with Gasteiger partial charge in [0.05, 0.1) is 12.7 Å². The Morgan fingerprint density at radius 3 is 2.48 bits per heavy atom. The molecular weight excluding hydrogens is 412 g/mol. The van der Waals surface area contributed by atoms with Crippen LogP contribution in [0.4, 0.5) is 5.69 Å². The lowest BCUT2D eigenvalue weighted by atomic mass is 9.48. The van der Waals surface area contributed by atoms with Crippen molar-refractivity contribution in [2.45, 2.75) is 70.4 Å². The van der Waals surface area contributed by atoms with Gasteiger partial charge < -0.3 is 14.8 Å². The minimum Gasteiger partial charge on any atom is -0.353 e. The van der Waals surface area contributed by atoms with Crippen LogP contribution in [0.1, 0.15) is 63.5 Å². The van der Waals surface area contributed by atoms with Gasteiger partial charge in [0.2, 0.25) is 5.91 Å². The van der Waals surface area contributed by atoms with Crippen molar-refractivity contribution >= 4 is 17.5 Å². The van der Waals surface area contributed by atoms with Crippen LogP contribution in [-0.4, -0.2) is 34.0 Å². The number of amides is 2. The molecule has 33 heavy (non-hydrogen) atoms. The third-order valence-corrected chi connectivity index (χ3v) is 9.08. The van der Waals surface area contributed by atoms with Gasteiger partial charge >= 0.3 is 0 Å². The summed E-state index contributed by atoms with van der Waals surface area (Å²) in [6, 6.07) is 7.64. The van der Waals surface area contributed by atoms with Crippen molar-refractivity contribution in [1.29, 1.82) is 0 Å². The van der Waals surface area contributed by atoms with Crippen LogP contribution in [0.3, 0.4) is 0 Å². The Morgan fingerprint density at radius 2 is 1.82 bits per heavy atom. The number of carbonyl (C=O) groups excluding carboxylic acids is 2. The zero-order valence-corrected chi connectivity index (χ0v) is 19.5. The van der Waals surface area contributed by atoms with Crippen molar-refractivity contribution in [3.63, 3.8) is 0 Å². The molecule has 5 aliphatic rings. The molecule has 0 saturated heterocycles. The minimum atomic E-state index is -0.581. The maximum Gasteiger partial charge on any atom is 0.250 e. The highest BCUT2D eigenvalue weighted by atomic mass is 16.2. The average molecular weight is 447 g/mol. The Labute approximate surface area is 195 Å². The third kappa shape index (κ3) is 3.68. The number of fused-ring (bicyclic) bond motifs is 1. The fraction of sp³-hybridized carbons (Fsp3) is 0.593. The smallest absolute Gasteiger partial charge is 0.250 e. The summed E-state index contributed by atoms with van der Waals surface area (Å²) in [5.41, 5.74) is 2.41. The first-order chi connectivity index (χ1) is 16.0. The topological polar surface area (TPSA) is 67.2 Å².